The highest BCUT2D eigenvalue weighted by Crippen LogP contribution is 2.27. The molecule has 0 aliphatic carbocycles. The van der Waals surface area contributed by atoms with Crippen molar-refractivity contribution in [2.24, 2.45) is 0 Å². The molecule has 88 valence electrons. The number of rotatable bonds is 3. The van der Waals surface area contributed by atoms with Crippen molar-refractivity contribution < 1.29 is 9.53 Å². The highest BCUT2D eigenvalue weighted by molar-refractivity contribution is 6.34. The van der Waals surface area contributed by atoms with Gasteiger partial charge in [-0.1, -0.05) is 17.7 Å². The lowest BCUT2D eigenvalue weighted by molar-refractivity contribution is -0.124. The highest BCUT2D eigenvalue weighted by Gasteiger charge is 2.14. The van der Waals surface area contributed by atoms with Gasteiger partial charge in [0.2, 0.25) is 0 Å². The molecule has 1 amide bonds. The monoisotopic (exact) mass is 241 g/mol. The van der Waals surface area contributed by atoms with E-state index in [4.69, 9.17) is 16.3 Å². The molecule has 1 rings (SSSR count). The molecule has 1 unspecified atom stereocenters. The predicted octanol–water partition coefficient (Wildman–Crippen LogP) is 2.93. The Bertz CT molecular complexity index is 381. The molecule has 4 heteroatoms. The first-order valence-electron chi connectivity index (χ1n) is 5.06. The van der Waals surface area contributed by atoms with Gasteiger partial charge in [0.1, 0.15) is 6.10 Å². The first-order valence-corrected chi connectivity index (χ1v) is 5.44. The molecule has 0 aliphatic heterocycles. The molecular weight excluding hydrogens is 226 g/mol. The fraction of sp³-hybridized carbons (Fsp3) is 0.417. The topological polar surface area (TPSA) is 38.3 Å². The summed E-state index contributed by atoms with van der Waals surface area (Å²) in [4.78, 5) is 11.6. The summed E-state index contributed by atoms with van der Waals surface area (Å²) in [6.45, 7) is 5.56. The fourth-order valence-electron chi connectivity index (χ4n) is 1.41. The number of hydrogen-bond donors (Lipinski definition) is 1. The van der Waals surface area contributed by atoms with Gasteiger partial charge in [0, 0.05) is 7.11 Å². The molecule has 1 aromatic carbocycles. The summed E-state index contributed by atoms with van der Waals surface area (Å²) >= 11 is 6.07. The van der Waals surface area contributed by atoms with Gasteiger partial charge >= 0.3 is 0 Å². The molecule has 0 fully saturated rings. The van der Waals surface area contributed by atoms with Crippen LogP contribution < -0.4 is 5.32 Å². The maximum atomic E-state index is 11.6. The van der Waals surface area contributed by atoms with Crippen LogP contribution in [0.15, 0.2) is 12.1 Å². The first-order chi connectivity index (χ1) is 7.45. The third-order valence-corrected chi connectivity index (χ3v) is 2.70. The van der Waals surface area contributed by atoms with E-state index in [-0.39, 0.29) is 5.91 Å². The van der Waals surface area contributed by atoms with E-state index in [9.17, 15) is 4.79 Å². The summed E-state index contributed by atoms with van der Waals surface area (Å²) in [7, 11) is 1.49. The van der Waals surface area contributed by atoms with E-state index in [1.807, 2.05) is 26.0 Å². The Balaban J connectivity index is 2.93. The number of ether oxygens (including phenoxy) is 1. The lowest BCUT2D eigenvalue weighted by atomic mass is 10.1. The highest BCUT2D eigenvalue weighted by atomic mass is 35.5. The Kier molecular flexibility index (Phi) is 4.33. The Morgan fingerprint density at radius 3 is 2.56 bits per heavy atom. The Morgan fingerprint density at radius 1 is 1.44 bits per heavy atom. The van der Waals surface area contributed by atoms with E-state index in [1.165, 1.54) is 7.11 Å². The molecule has 1 N–H and O–H groups in total. The number of anilines is 1. The molecule has 0 aliphatic rings. The summed E-state index contributed by atoms with van der Waals surface area (Å²) < 4.78 is 4.93. The summed E-state index contributed by atoms with van der Waals surface area (Å²) in [6.07, 6.45) is -0.489. The molecular formula is C12H16ClNO2. The van der Waals surface area contributed by atoms with Gasteiger partial charge in [-0.2, -0.15) is 0 Å². The van der Waals surface area contributed by atoms with Crippen LogP contribution in [0.4, 0.5) is 5.69 Å². The van der Waals surface area contributed by atoms with E-state index >= 15 is 0 Å². The average Bonchev–Trinajstić information content (AvgIpc) is 2.21. The zero-order valence-electron chi connectivity index (χ0n) is 9.93. The van der Waals surface area contributed by atoms with Crippen molar-refractivity contribution in [2.75, 3.05) is 12.4 Å². The second kappa shape index (κ2) is 5.32. The van der Waals surface area contributed by atoms with Gasteiger partial charge in [-0.15, -0.1) is 0 Å². The first kappa shape index (κ1) is 13.0. The molecule has 1 aromatic rings. The number of carbonyl (C=O) groups is 1. The van der Waals surface area contributed by atoms with E-state index in [0.29, 0.717) is 10.7 Å². The Labute approximate surface area is 101 Å². The summed E-state index contributed by atoms with van der Waals surface area (Å²) in [5.74, 6) is -0.198. The largest absolute Gasteiger partial charge is 0.372 e. The van der Waals surface area contributed by atoms with E-state index in [2.05, 4.69) is 5.32 Å². The zero-order valence-corrected chi connectivity index (χ0v) is 10.7. The number of hydrogen-bond acceptors (Lipinski definition) is 2. The molecule has 0 aromatic heterocycles. The molecule has 0 heterocycles. The van der Waals surface area contributed by atoms with Crippen molar-refractivity contribution in [1.29, 1.82) is 0 Å². The van der Waals surface area contributed by atoms with Gasteiger partial charge in [-0.25, -0.2) is 0 Å². The van der Waals surface area contributed by atoms with Gasteiger partial charge in [0.15, 0.2) is 0 Å². The number of carbonyl (C=O) groups excluding carboxylic acids is 1. The molecule has 3 nitrogen and oxygen atoms in total. The smallest absolute Gasteiger partial charge is 0.253 e. The fourth-order valence-corrected chi connectivity index (χ4v) is 1.77. The lowest BCUT2D eigenvalue weighted by Crippen LogP contribution is -2.27. The number of halogens is 1. The minimum atomic E-state index is -0.489. The van der Waals surface area contributed by atoms with Crippen LogP contribution in [0.1, 0.15) is 18.1 Å². The van der Waals surface area contributed by atoms with Gasteiger partial charge in [0.25, 0.3) is 5.91 Å². The van der Waals surface area contributed by atoms with Crippen LogP contribution >= 0.6 is 11.6 Å². The Hall–Kier alpha value is -1.06. The van der Waals surface area contributed by atoms with Crippen LogP contribution in [0, 0.1) is 13.8 Å². The molecule has 0 saturated heterocycles. The number of amides is 1. The molecule has 0 bridgehead atoms. The van der Waals surface area contributed by atoms with E-state index < -0.39 is 6.10 Å². The summed E-state index contributed by atoms with van der Waals surface area (Å²) in [5, 5.41) is 3.31. The van der Waals surface area contributed by atoms with Gasteiger partial charge < -0.3 is 10.1 Å². The van der Waals surface area contributed by atoms with Crippen molar-refractivity contribution in [3.63, 3.8) is 0 Å². The minimum absolute atomic E-state index is 0.198. The zero-order chi connectivity index (χ0) is 12.3. The average molecular weight is 242 g/mol. The predicted molar refractivity (Wildman–Crippen MR) is 66.0 cm³/mol. The minimum Gasteiger partial charge on any atom is -0.372 e. The van der Waals surface area contributed by atoms with Gasteiger partial charge in [-0.3, -0.25) is 4.79 Å². The standard InChI is InChI=1S/C12H16ClNO2/c1-7-5-8(2)11(10(13)6-7)14-12(15)9(3)16-4/h5-6,9H,1-4H3,(H,14,15). The van der Waals surface area contributed by atoms with Crippen molar-refractivity contribution in [1.82, 2.24) is 0 Å². The van der Waals surface area contributed by atoms with Crippen molar-refractivity contribution in [2.45, 2.75) is 26.9 Å². The lowest BCUT2D eigenvalue weighted by Gasteiger charge is -2.14. The number of aryl methyl sites for hydroxylation is 2. The third-order valence-electron chi connectivity index (χ3n) is 2.40. The molecule has 1 atom stereocenters. The van der Waals surface area contributed by atoms with Crippen molar-refractivity contribution in [3.05, 3.63) is 28.3 Å². The maximum absolute atomic E-state index is 11.6. The molecule has 16 heavy (non-hydrogen) atoms. The Morgan fingerprint density at radius 2 is 2.06 bits per heavy atom. The second-order valence-electron chi connectivity index (χ2n) is 3.81. The summed E-state index contributed by atoms with van der Waals surface area (Å²) in [6, 6.07) is 3.79. The number of nitrogens with one attached hydrogen (secondary N) is 1. The van der Waals surface area contributed by atoms with Gasteiger partial charge in [0.05, 0.1) is 10.7 Å². The number of benzene rings is 1. The normalized spacial score (nSPS) is 12.3. The quantitative estimate of drug-likeness (QED) is 0.884. The van der Waals surface area contributed by atoms with Crippen LogP contribution in [0.3, 0.4) is 0 Å². The molecule has 0 spiro atoms. The van der Waals surface area contributed by atoms with Crippen LogP contribution in [0.2, 0.25) is 5.02 Å². The van der Waals surface area contributed by atoms with Crippen LogP contribution in [-0.4, -0.2) is 19.1 Å². The third kappa shape index (κ3) is 2.97. The van der Waals surface area contributed by atoms with Crippen LogP contribution in [0.5, 0.6) is 0 Å². The molecule has 0 radical (unpaired) electrons. The molecule has 0 saturated carbocycles. The summed E-state index contributed by atoms with van der Waals surface area (Å²) in [5.41, 5.74) is 2.67. The number of methoxy groups -OCH3 is 1. The van der Waals surface area contributed by atoms with Crippen molar-refractivity contribution >= 4 is 23.2 Å². The maximum Gasteiger partial charge on any atom is 0.253 e. The van der Waals surface area contributed by atoms with E-state index in [0.717, 1.165) is 11.1 Å². The van der Waals surface area contributed by atoms with Crippen LogP contribution in [-0.2, 0) is 9.53 Å². The van der Waals surface area contributed by atoms with Crippen LogP contribution in [0.25, 0.3) is 0 Å². The van der Waals surface area contributed by atoms with Gasteiger partial charge in [-0.05, 0) is 38.0 Å². The second-order valence-corrected chi connectivity index (χ2v) is 4.21. The van der Waals surface area contributed by atoms with Crippen molar-refractivity contribution in [3.8, 4) is 0 Å². The SMILES string of the molecule is COC(C)C(=O)Nc1c(C)cc(C)cc1Cl. The van der Waals surface area contributed by atoms with E-state index in [1.54, 1.807) is 6.92 Å².